The van der Waals surface area contributed by atoms with Crippen LogP contribution in [-0.2, 0) is 5.41 Å². The highest BCUT2D eigenvalue weighted by Gasteiger charge is 2.52. The first kappa shape index (κ1) is 25.2. The smallest absolute Gasteiger partial charge is 0.0619 e. The Morgan fingerprint density at radius 3 is 1.28 bits per heavy atom. The molecule has 0 saturated heterocycles. The molecular weight excluding hydrogens is 565 g/mol. The van der Waals surface area contributed by atoms with Crippen molar-refractivity contribution in [2.75, 3.05) is 0 Å². The van der Waals surface area contributed by atoms with Crippen LogP contribution < -0.4 is 0 Å². The molecule has 216 valence electrons. The molecule has 0 heterocycles. The summed E-state index contributed by atoms with van der Waals surface area (Å²) in [6, 6.07) is 63.7. The molecular formula is C47H28. The molecule has 0 bridgehead atoms. The van der Waals surface area contributed by atoms with Gasteiger partial charge in [0.2, 0.25) is 0 Å². The average Bonchev–Trinajstić information content (AvgIpc) is 3.62. The summed E-state index contributed by atoms with van der Waals surface area (Å²) >= 11 is 0. The van der Waals surface area contributed by atoms with Gasteiger partial charge in [-0.2, -0.15) is 0 Å². The van der Waals surface area contributed by atoms with E-state index in [0.717, 1.165) is 0 Å². The summed E-state index contributed by atoms with van der Waals surface area (Å²) in [6.45, 7) is 0. The van der Waals surface area contributed by atoms with Crippen LogP contribution in [-0.4, -0.2) is 0 Å². The van der Waals surface area contributed by atoms with Crippen LogP contribution in [0.25, 0.3) is 76.5 Å². The van der Waals surface area contributed by atoms with Crippen LogP contribution in [0.5, 0.6) is 0 Å². The Labute approximate surface area is 273 Å². The quantitative estimate of drug-likeness (QED) is 0.166. The van der Waals surface area contributed by atoms with Crippen molar-refractivity contribution in [1.29, 1.82) is 0 Å². The van der Waals surface area contributed by atoms with Gasteiger partial charge >= 0.3 is 0 Å². The fraction of sp³-hybridized carbons (Fsp3) is 0.0213. The van der Waals surface area contributed by atoms with Gasteiger partial charge in [-0.15, -0.1) is 0 Å². The van der Waals surface area contributed by atoms with E-state index in [9.17, 15) is 0 Å². The molecule has 9 aromatic carbocycles. The molecule has 0 atom stereocenters. The van der Waals surface area contributed by atoms with Crippen molar-refractivity contribution in [3.63, 3.8) is 0 Å². The zero-order valence-electron chi connectivity index (χ0n) is 25.7. The molecule has 0 aromatic heterocycles. The predicted octanol–water partition coefficient (Wildman–Crippen LogP) is 12.3. The van der Waals surface area contributed by atoms with Gasteiger partial charge in [-0.1, -0.05) is 158 Å². The van der Waals surface area contributed by atoms with Crippen molar-refractivity contribution in [1.82, 2.24) is 0 Å². The molecule has 0 nitrogen and oxygen atoms in total. The van der Waals surface area contributed by atoms with Gasteiger partial charge in [-0.3, -0.25) is 0 Å². The number of benzene rings is 9. The second-order valence-electron chi connectivity index (χ2n) is 13.2. The molecule has 1 spiro atoms. The Morgan fingerprint density at radius 1 is 0.277 bits per heavy atom. The molecule has 11 rings (SSSR count). The summed E-state index contributed by atoms with van der Waals surface area (Å²) in [4.78, 5) is 0. The first-order valence-corrected chi connectivity index (χ1v) is 16.5. The van der Waals surface area contributed by atoms with Gasteiger partial charge in [0, 0.05) is 0 Å². The number of fused-ring (bicyclic) bond motifs is 18. The molecule has 0 unspecified atom stereocenters. The summed E-state index contributed by atoms with van der Waals surface area (Å²) in [5.74, 6) is 0. The van der Waals surface area contributed by atoms with E-state index in [4.69, 9.17) is 0 Å². The number of hydrogen-bond donors (Lipinski definition) is 0. The van der Waals surface area contributed by atoms with E-state index in [0.29, 0.717) is 0 Å². The lowest BCUT2D eigenvalue weighted by molar-refractivity contribution is 0.801. The van der Waals surface area contributed by atoms with E-state index in [2.05, 4.69) is 170 Å². The van der Waals surface area contributed by atoms with Crippen molar-refractivity contribution < 1.29 is 0 Å². The van der Waals surface area contributed by atoms with E-state index in [-0.39, 0.29) is 5.41 Å². The Kier molecular flexibility index (Phi) is 4.86. The molecule has 0 saturated carbocycles. The summed E-state index contributed by atoms with van der Waals surface area (Å²) in [6.07, 6.45) is 0. The molecule has 47 heavy (non-hydrogen) atoms. The van der Waals surface area contributed by atoms with Crippen molar-refractivity contribution in [2.24, 2.45) is 0 Å². The zero-order valence-corrected chi connectivity index (χ0v) is 25.7. The first-order valence-electron chi connectivity index (χ1n) is 16.5. The van der Waals surface area contributed by atoms with Gasteiger partial charge in [0.25, 0.3) is 0 Å². The minimum Gasteiger partial charge on any atom is -0.0619 e. The fourth-order valence-electron chi connectivity index (χ4n) is 9.20. The highest BCUT2D eigenvalue weighted by molar-refractivity contribution is 6.25. The van der Waals surface area contributed by atoms with Gasteiger partial charge in [0.05, 0.1) is 5.41 Å². The largest absolute Gasteiger partial charge is 0.0731 e. The SMILES string of the molecule is c1ccc2c(c1)-c1ccccc1C21c2ccccc2-c2ccc3cc(-c4ccc5c6ccccc6c6ccccc6c5c4)ccc3c21. The third kappa shape index (κ3) is 3.13. The monoisotopic (exact) mass is 592 g/mol. The molecule has 0 heteroatoms. The summed E-state index contributed by atoms with van der Waals surface area (Å²) in [7, 11) is 0. The number of rotatable bonds is 1. The summed E-state index contributed by atoms with van der Waals surface area (Å²) < 4.78 is 0. The fourth-order valence-corrected chi connectivity index (χ4v) is 9.20. The molecule has 0 amide bonds. The maximum Gasteiger partial charge on any atom is 0.0731 e. The summed E-state index contributed by atoms with van der Waals surface area (Å²) in [5, 5.41) is 10.4. The van der Waals surface area contributed by atoms with Crippen molar-refractivity contribution in [3.05, 3.63) is 192 Å². The second kappa shape index (κ2) is 9.06. The van der Waals surface area contributed by atoms with E-state index >= 15 is 0 Å². The lowest BCUT2D eigenvalue weighted by Gasteiger charge is -2.31. The van der Waals surface area contributed by atoms with E-state index in [1.165, 1.54) is 98.7 Å². The van der Waals surface area contributed by atoms with Crippen molar-refractivity contribution in [2.45, 2.75) is 5.41 Å². The van der Waals surface area contributed by atoms with Crippen LogP contribution in [0.4, 0.5) is 0 Å². The zero-order chi connectivity index (χ0) is 30.7. The maximum atomic E-state index is 2.41. The first-order chi connectivity index (χ1) is 23.3. The number of hydrogen-bond acceptors (Lipinski definition) is 0. The van der Waals surface area contributed by atoms with Crippen LogP contribution >= 0.6 is 0 Å². The third-order valence-corrected chi connectivity index (χ3v) is 11.0. The third-order valence-electron chi connectivity index (χ3n) is 11.0. The van der Waals surface area contributed by atoms with Crippen LogP contribution in [0.1, 0.15) is 22.3 Å². The lowest BCUT2D eigenvalue weighted by Crippen LogP contribution is -2.26. The predicted molar refractivity (Wildman–Crippen MR) is 198 cm³/mol. The Balaban J connectivity index is 1.18. The van der Waals surface area contributed by atoms with E-state index in [1.54, 1.807) is 0 Å². The van der Waals surface area contributed by atoms with Crippen LogP contribution in [0.15, 0.2) is 170 Å². The average molecular weight is 593 g/mol. The molecule has 0 radical (unpaired) electrons. The standard InChI is InChI=1S/C47H28/c1-2-13-35-33(11-1)34-12-3-4-14-36(34)42-28-30(22-25-37(35)42)29-21-24-32-31(27-29)23-26-41-40-17-7-10-20-45(40)47(46(32)41)43-18-8-5-15-38(43)39-16-6-9-19-44(39)47/h1-28H. The molecule has 0 fully saturated rings. The lowest BCUT2D eigenvalue weighted by atomic mass is 9.69. The highest BCUT2D eigenvalue weighted by Crippen LogP contribution is 2.64. The topological polar surface area (TPSA) is 0 Å². The minimum atomic E-state index is -0.344. The van der Waals surface area contributed by atoms with Crippen molar-refractivity contribution >= 4 is 43.1 Å². The van der Waals surface area contributed by atoms with Crippen LogP contribution in [0.2, 0.25) is 0 Å². The normalized spacial score (nSPS) is 13.7. The second-order valence-corrected chi connectivity index (χ2v) is 13.2. The van der Waals surface area contributed by atoms with Gasteiger partial charge in [-0.05, 0) is 111 Å². The Morgan fingerprint density at radius 2 is 0.702 bits per heavy atom. The van der Waals surface area contributed by atoms with Crippen LogP contribution in [0, 0.1) is 0 Å². The Hall–Kier alpha value is -5.98. The molecule has 2 aliphatic rings. The van der Waals surface area contributed by atoms with Gasteiger partial charge in [-0.25, -0.2) is 0 Å². The van der Waals surface area contributed by atoms with E-state index < -0.39 is 0 Å². The van der Waals surface area contributed by atoms with E-state index in [1.807, 2.05) is 0 Å². The minimum absolute atomic E-state index is 0.344. The summed E-state index contributed by atoms with van der Waals surface area (Å²) in [5.41, 5.74) is 13.1. The van der Waals surface area contributed by atoms with Gasteiger partial charge in [0.15, 0.2) is 0 Å². The Bertz CT molecular complexity index is 2700. The molecule has 0 aliphatic heterocycles. The molecule has 2 aliphatic carbocycles. The molecule has 0 N–H and O–H groups in total. The highest BCUT2D eigenvalue weighted by atomic mass is 14.5. The van der Waals surface area contributed by atoms with Gasteiger partial charge < -0.3 is 0 Å². The van der Waals surface area contributed by atoms with Gasteiger partial charge in [0.1, 0.15) is 0 Å². The van der Waals surface area contributed by atoms with Crippen molar-refractivity contribution in [3.8, 4) is 33.4 Å². The maximum absolute atomic E-state index is 2.41. The van der Waals surface area contributed by atoms with Crippen LogP contribution in [0.3, 0.4) is 0 Å². The molecule has 9 aromatic rings.